The van der Waals surface area contributed by atoms with Crippen LogP contribution in [0.1, 0.15) is 49.1 Å². The van der Waals surface area contributed by atoms with Crippen molar-refractivity contribution in [1.82, 2.24) is 15.2 Å². The predicted molar refractivity (Wildman–Crippen MR) is 169 cm³/mol. The van der Waals surface area contributed by atoms with E-state index >= 15 is 0 Å². The lowest BCUT2D eigenvalue weighted by Gasteiger charge is -2.28. The third-order valence-electron chi connectivity index (χ3n) is 6.55. The number of phenols is 1. The molecular weight excluding hydrogens is 613 g/mol. The van der Waals surface area contributed by atoms with Crippen LogP contribution in [-0.2, 0) is 28.9 Å². The molecule has 228 valence electrons. The highest BCUT2D eigenvalue weighted by Gasteiger charge is 2.23. The molecule has 0 saturated carbocycles. The largest absolute Gasteiger partial charge is 0.506 e. The van der Waals surface area contributed by atoms with Crippen LogP contribution in [-0.4, -0.2) is 50.8 Å². The topological polar surface area (TPSA) is 132 Å². The van der Waals surface area contributed by atoms with Crippen molar-refractivity contribution in [3.63, 3.8) is 0 Å². The van der Waals surface area contributed by atoms with Crippen LogP contribution in [0.4, 0.5) is 4.79 Å². The van der Waals surface area contributed by atoms with Crippen molar-refractivity contribution >= 4 is 56.8 Å². The molecule has 1 heterocycles. The van der Waals surface area contributed by atoms with Gasteiger partial charge < -0.3 is 30.2 Å². The summed E-state index contributed by atoms with van der Waals surface area (Å²) in [6, 6.07) is 15.5. The summed E-state index contributed by atoms with van der Waals surface area (Å²) in [6.45, 7) is 5.96. The van der Waals surface area contributed by atoms with E-state index in [2.05, 4.69) is 10.3 Å². The van der Waals surface area contributed by atoms with E-state index in [0.29, 0.717) is 33.3 Å². The minimum Gasteiger partial charge on any atom is -0.506 e. The monoisotopic (exact) mass is 645 g/mol. The van der Waals surface area contributed by atoms with Crippen molar-refractivity contribution in [2.45, 2.75) is 51.9 Å². The molecule has 12 heteroatoms. The zero-order chi connectivity index (χ0) is 31.3. The molecule has 4 N–H and O–H groups in total. The fourth-order valence-electron chi connectivity index (χ4n) is 4.43. The Labute approximate surface area is 263 Å². The molecule has 0 saturated heterocycles. The van der Waals surface area contributed by atoms with E-state index in [4.69, 9.17) is 27.9 Å². The van der Waals surface area contributed by atoms with Crippen LogP contribution >= 0.6 is 34.5 Å². The Morgan fingerprint density at radius 1 is 1.05 bits per heavy atom. The highest BCUT2D eigenvalue weighted by atomic mass is 35.5. The summed E-state index contributed by atoms with van der Waals surface area (Å²) in [5.74, 6) is -0.382. The van der Waals surface area contributed by atoms with Crippen molar-refractivity contribution in [2.75, 3.05) is 13.1 Å². The number of hydrogen-bond donors (Lipinski definition) is 4. The first-order valence-corrected chi connectivity index (χ1v) is 15.2. The van der Waals surface area contributed by atoms with Gasteiger partial charge in [-0.15, -0.1) is 0 Å². The molecule has 0 fully saturated rings. The number of aromatic hydroxyl groups is 1. The second kappa shape index (κ2) is 13.8. The van der Waals surface area contributed by atoms with Crippen LogP contribution in [0.25, 0.3) is 10.2 Å². The van der Waals surface area contributed by atoms with Crippen molar-refractivity contribution in [1.29, 1.82) is 0 Å². The molecule has 1 unspecified atom stereocenters. The standard InChI is InChI=1S/C31H33Cl2N3O6S/c1-31(2,3)42-30(41)36(14-13-20-22(32)5-4-6-23(20)33)17-19-9-7-18(8-10-19)15-26(39)34-16-25(38)21-11-12-24(37)27-28(21)43-29(40)35-27/h4-12,25,37-38H,13-17H2,1-3H3,(H,34,39)(H,35,40). The number of aromatic nitrogens is 1. The fourth-order valence-corrected chi connectivity index (χ4v) is 5.94. The van der Waals surface area contributed by atoms with E-state index in [1.54, 1.807) is 43.9 Å². The van der Waals surface area contributed by atoms with Gasteiger partial charge in [0, 0.05) is 35.2 Å². The zero-order valence-corrected chi connectivity index (χ0v) is 26.3. The minimum atomic E-state index is -1.07. The molecular formula is C31H33Cl2N3O6S. The summed E-state index contributed by atoms with van der Waals surface area (Å²) in [7, 11) is 0. The van der Waals surface area contributed by atoms with E-state index in [1.807, 2.05) is 24.3 Å². The maximum absolute atomic E-state index is 13.0. The van der Waals surface area contributed by atoms with Crippen LogP contribution < -0.4 is 10.2 Å². The maximum atomic E-state index is 13.0. The van der Waals surface area contributed by atoms with Crippen molar-refractivity contribution in [2.24, 2.45) is 0 Å². The smallest absolute Gasteiger partial charge is 0.410 e. The number of thiazole rings is 1. The number of aliphatic hydroxyl groups excluding tert-OH is 1. The molecule has 0 spiro atoms. The van der Waals surface area contributed by atoms with Gasteiger partial charge in [0.1, 0.15) is 16.9 Å². The van der Waals surface area contributed by atoms with Gasteiger partial charge in [-0.2, -0.15) is 0 Å². The highest BCUT2D eigenvalue weighted by molar-refractivity contribution is 7.16. The van der Waals surface area contributed by atoms with Gasteiger partial charge in [-0.25, -0.2) is 4.79 Å². The number of ether oxygens (including phenoxy) is 1. The molecule has 4 aromatic rings. The number of nitrogens with zero attached hydrogens (tertiary/aromatic N) is 1. The van der Waals surface area contributed by atoms with Gasteiger partial charge in [0.05, 0.1) is 17.2 Å². The summed E-state index contributed by atoms with van der Waals surface area (Å²) in [5, 5.41) is 24.4. The van der Waals surface area contributed by atoms with E-state index in [9.17, 15) is 24.6 Å². The molecule has 0 aliphatic carbocycles. The zero-order valence-electron chi connectivity index (χ0n) is 23.9. The molecule has 1 atom stereocenters. The van der Waals surface area contributed by atoms with Crippen LogP contribution in [0.15, 0.2) is 59.4 Å². The quantitative estimate of drug-likeness (QED) is 0.168. The first kappa shape index (κ1) is 32.3. The summed E-state index contributed by atoms with van der Waals surface area (Å²) in [6.07, 6.45) is -1.01. The lowest BCUT2D eigenvalue weighted by Crippen LogP contribution is -2.37. The van der Waals surface area contributed by atoms with Gasteiger partial charge in [0.25, 0.3) is 0 Å². The van der Waals surface area contributed by atoms with E-state index < -0.39 is 17.8 Å². The lowest BCUT2D eigenvalue weighted by molar-refractivity contribution is -0.120. The number of H-pyrrole nitrogens is 1. The maximum Gasteiger partial charge on any atom is 0.410 e. The number of nitrogens with one attached hydrogen (secondary N) is 2. The minimum absolute atomic E-state index is 0.0663. The van der Waals surface area contributed by atoms with Gasteiger partial charge in [-0.3, -0.25) is 9.59 Å². The summed E-state index contributed by atoms with van der Waals surface area (Å²) < 4.78 is 6.07. The van der Waals surface area contributed by atoms with Gasteiger partial charge in [-0.05, 0) is 62.1 Å². The van der Waals surface area contributed by atoms with Gasteiger partial charge >= 0.3 is 11.0 Å². The van der Waals surface area contributed by atoms with E-state index in [-0.39, 0.29) is 41.6 Å². The molecule has 0 aliphatic rings. The second-order valence-corrected chi connectivity index (χ2v) is 12.9. The average molecular weight is 647 g/mol. The van der Waals surface area contributed by atoms with Crippen molar-refractivity contribution in [3.05, 3.63) is 96.6 Å². The summed E-state index contributed by atoms with van der Waals surface area (Å²) >= 11 is 13.5. The number of amides is 2. The molecule has 3 aromatic carbocycles. The van der Waals surface area contributed by atoms with Gasteiger partial charge in [-0.1, -0.05) is 70.9 Å². The number of fused-ring (bicyclic) bond motifs is 1. The number of rotatable bonds is 10. The number of aliphatic hydroxyl groups is 1. The normalized spacial score (nSPS) is 12.2. The van der Waals surface area contributed by atoms with Crippen molar-refractivity contribution < 1.29 is 24.5 Å². The molecule has 0 bridgehead atoms. The first-order chi connectivity index (χ1) is 20.3. The number of carbonyl (C=O) groups excluding carboxylic acids is 2. The SMILES string of the molecule is CC(C)(C)OC(=O)N(CCc1c(Cl)cccc1Cl)Cc1ccc(CC(=O)NCC(O)c2ccc(O)c3[nH]c(=O)sc23)cc1. The van der Waals surface area contributed by atoms with Crippen LogP contribution in [0.2, 0.25) is 10.0 Å². The van der Waals surface area contributed by atoms with E-state index in [0.717, 1.165) is 28.0 Å². The second-order valence-electron chi connectivity index (χ2n) is 11.1. The number of halogens is 2. The van der Waals surface area contributed by atoms with Gasteiger partial charge in [0.2, 0.25) is 5.91 Å². The average Bonchev–Trinajstić information content (AvgIpc) is 3.33. The number of aromatic amines is 1. The molecule has 0 radical (unpaired) electrons. The third-order valence-corrected chi connectivity index (χ3v) is 8.19. The molecule has 4 rings (SSSR count). The number of hydrogen-bond acceptors (Lipinski definition) is 7. The Hall–Kier alpha value is -3.57. The first-order valence-electron chi connectivity index (χ1n) is 13.6. The Bertz CT molecular complexity index is 1640. The lowest BCUT2D eigenvalue weighted by atomic mass is 10.1. The number of phenolic OH excluding ortho intramolecular Hbond substituents is 1. The molecule has 0 aliphatic heterocycles. The molecule has 9 nitrogen and oxygen atoms in total. The molecule has 2 amide bonds. The third kappa shape index (κ3) is 8.73. The predicted octanol–water partition coefficient (Wildman–Crippen LogP) is 5.97. The Morgan fingerprint density at radius 2 is 1.70 bits per heavy atom. The number of carbonyl (C=O) groups is 2. The Morgan fingerprint density at radius 3 is 2.35 bits per heavy atom. The highest BCUT2D eigenvalue weighted by Crippen LogP contribution is 2.31. The fraction of sp³-hybridized carbons (Fsp3) is 0.323. The molecule has 43 heavy (non-hydrogen) atoms. The summed E-state index contributed by atoms with van der Waals surface area (Å²) in [4.78, 5) is 41.2. The van der Waals surface area contributed by atoms with Crippen LogP contribution in [0.3, 0.4) is 0 Å². The Kier molecular flexibility index (Phi) is 10.4. The summed E-state index contributed by atoms with van der Waals surface area (Å²) in [5.41, 5.74) is 2.38. The van der Waals surface area contributed by atoms with Crippen LogP contribution in [0, 0.1) is 0 Å². The Balaban J connectivity index is 1.36. The van der Waals surface area contributed by atoms with Crippen molar-refractivity contribution in [3.8, 4) is 5.75 Å². The van der Waals surface area contributed by atoms with E-state index in [1.165, 1.54) is 12.1 Å². The van der Waals surface area contributed by atoms with Gasteiger partial charge in [0.15, 0.2) is 0 Å². The molecule has 1 aromatic heterocycles. The number of benzene rings is 3. The van der Waals surface area contributed by atoms with Crippen LogP contribution in [0.5, 0.6) is 5.75 Å².